The standard InChI is InChI=1S/C12H15N5O2/c1-8-6-9(16-13)2-3-10(8)12(18)14-5-4-11-15-7-19-17-11/h2-3,6-7,16H,4-5,13H2,1H3,(H,14,18). The molecule has 19 heavy (non-hydrogen) atoms. The van der Waals surface area contributed by atoms with Gasteiger partial charge in [0.1, 0.15) is 0 Å². The van der Waals surface area contributed by atoms with E-state index in [9.17, 15) is 4.79 Å². The smallest absolute Gasteiger partial charge is 0.251 e. The Morgan fingerprint density at radius 1 is 1.47 bits per heavy atom. The molecule has 1 amide bonds. The molecule has 0 fully saturated rings. The van der Waals surface area contributed by atoms with E-state index in [0.717, 1.165) is 11.3 Å². The number of nitrogen functional groups attached to an aromatic ring is 1. The van der Waals surface area contributed by atoms with Crippen LogP contribution in [0.2, 0.25) is 0 Å². The fraction of sp³-hybridized carbons (Fsp3) is 0.250. The molecule has 1 heterocycles. The maximum absolute atomic E-state index is 12.0. The zero-order valence-corrected chi connectivity index (χ0v) is 10.5. The van der Waals surface area contributed by atoms with Gasteiger partial charge in [0, 0.05) is 24.2 Å². The summed E-state index contributed by atoms with van der Waals surface area (Å²) in [6.45, 7) is 2.31. The first kappa shape index (κ1) is 13.0. The Labute approximate surface area is 110 Å². The van der Waals surface area contributed by atoms with E-state index in [1.807, 2.05) is 13.0 Å². The van der Waals surface area contributed by atoms with Gasteiger partial charge < -0.3 is 15.3 Å². The first-order valence-electron chi connectivity index (χ1n) is 5.81. The van der Waals surface area contributed by atoms with E-state index in [1.54, 1.807) is 12.1 Å². The maximum atomic E-state index is 12.0. The minimum atomic E-state index is -0.135. The van der Waals surface area contributed by atoms with E-state index in [-0.39, 0.29) is 5.91 Å². The van der Waals surface area contributed by atoms with Gasteiger partial charge in [-0.05, 0) is 30.7 Å². The maximum Gasteiger partial charge on any atom is 0.251 e. The van der Waals surface area contributed by atoms with Crippen LogP contribution in [0.1, 0.15) is 21.7 Å². The summed E-state index contributed by atoms with van der Waals surface area (Å²) < 4.78 is 4.61. The van der Waals surface area contributed by atoms with Crippen LogP contribution in [0.5, 0.6) is 0 Å². The normalized spacial score (nSPS) is 10.2. The minimum Gasteiger partial charge on any atom is -0.352 e. The van der Waals surface area contributed by atoms with Crippen LogP contribution in [0, 0.1) is 6.92 Å². The van der Waals surface area contributed by atoms with Crippen LogP contribution in [0.4, 0.5) is 5.69 Å². The number of hydrogen-bond acceptors (Lipinski definition) is 6. The van der Waals surface area contributed by atoms with Crippen LogP contribution in [0.3, 0.4) is 0 Å². The highest BCUT2D eigenvalue weighted by Gasteiger charge is 2.09. The van der Waals surface area contributed by atoms with Crippen molar-refractivity contribution in [2.24, 2.45) is 5.84 Å². The highest BCUT2D eigenvalue weighted by molar-refractivity contribution is 5.96. The minimum absolute atomic E-state index is 0.135. The average Bonchev–Trinajstić information content (AvgIpc) is 2.91. The highest BCUT2D eigenvalue weighted by atomic mass is 16.5. The van der Waals surface area contributed by atoms with Crippen molar-refractivity contribution < 1.29 is 9.32 Å². The Bertz CT molecular complexity index is 553. The van der Waals surface area contributed by atoms with Gasteiger partial charge in [0.05, 0.1) is 0 Å². The van der Waals surface area contributed by atoms with E-state index in [4.69, 9.17) is 5.84 Å². The predicted octanol–water partition coefficient (Wildman–Crippen LogP) is 0.636. The number of nitrogens with one attached hydrogen (secondary N) is 2. The monoisotopic (exact) mass is 261 g/mol. The van der Waals surface area contributed by atoms with Crippen molar-refractivity contribution in [3.8, 4) is 0 Å². The lowest BCUT2D eigenvalue weighted by molar-refractivity contribution is 0.0953. The molecular weight excluding hydrogens is 246 g/mol. The SMILES string of the molecule is Cc1cc(NN)ccc1C(=O)NCCc1ncon1. The molecule has 0 bridgehead atoms. The zero-order chi connectivity index (χ0) is 13.7. The van der Waals surface area contributed by atoms with E-state index in [1.165, 1.54) is 6.39 Å². The molecular formula is C12H15N5O2. The van der Waals surface area contributed by atoms with Gasteiger partial charge in [-0.1, -0.05) is 5.16 Å². The number of carbonyl (C=O) groups excluding carboxylic acids is 1. The summed E-state index contributed by atoms with van der Waals surface area (Å²) in [5.41, 5.74) is 4.77. The number of anilines is 1. The quantitative estimate of drug-likeness (QED) is 0.538. The Morgan fingerprint density at radius 3 is 2.95 bits per heavy atom. The van der Waals surface area contributed by atoms with Gasteiger partial charge in [0.2, 0.25) is 6.39 Å². The number of hydrazine groups is 1. The van der Waals surface area contributed by atoms with Crippen molar-refractivity contribution in [3.05, 3.63) is 41.5 Å². The lowest BCUT2D eigenvalue weighted by Gasteiger charge is -2.08. The van der Waals surface area contributed by atoms with Crippen molar-refractivity contribution in [3.63, 3.8) is 0 Å². The first-order chi connectivity index (χ1) is 9.20. The predicted molar refractivity (Wildman–Crippen MR) is 69.3 cm³/mol. The van der Waals surface area contributed by atoms with Gasteiger partial charge >= 0.3 is 0 Å². The molecule has 0 aliphatic rings. The molecule has 0 aliphatic carbocycles. The number of rotatable bonds is 5. The third-order valence-electron chi connectivity index (χ3n) is 2.68. The summed E-state index contributed by atoms with van der Waals surface area (Å²) in [6, 6.07) is 5.30. The largest absolute Gasteiger partial charge is 0.352 e. The number of nitrogens with zero attached hydrogens (tertiary/aromatic N) is 2. The summed E-state index contributed by atoms with van der Waals surface area (Å²) in [6.07, 6.45) is 1.80. The number of amides is 1. The molecule has 0 saturated carbocycles. The fourth-order valence-electron chi connectivity index (χ4n) is 1.69. The van der Waals surface area contributed by atoms with E-state index in [0.29, 0.717) is 24.4 Å². The molecule has 1 aromatic carbocycles. The molecule has 4 N–H and O–H groups in total. The van der Waals surface area contributed by atoms with Gasteiger partial charge in [-0.15, -0.1) is 0 Å². The molecule has 2 aromatic rings. The summed E-state index contributed by atoms with van der Waals surface area (Å²) in [5.74, 6) is 5.74. The Kier molecular flexibility index (Phi) is 4.09. The van der Waals surface area contributed by atoms with Gasteiger partial charge in [-0.3, -0.25) is 10.6 Å². The number of nitrogens with two attached hydrogens (primary N) is 1. The topological polar surface area (TPSA) is 106 Å². The fourth-order valence-corrected chi connectivity index (χ4v) is 1.69. The number of aromatic nitrogens is 2. The molecule has 7 heteroatoms. The van der Waals surface area contributed by atoms with Crippen LogP contribution < -0.4 is 16.6 Å². The molecule has 7 nitrogen and oxygen atoms in total. The van der Waals surface area contributed by atoms with Crippen molar-refractivity contribution in [2.75, 3.05) is 12.0 Å². The number of aryl methyl sites for hydroxylation is 1. The first-order valence-corrected chi connectivity index (χ1v) is 5.81. The second-order valence-electron chi connectivity index (χ2n) is 4.03. The van der Waals surface area contributed by atoms with E-state index in [2.05, 4.69) is 25.4 Å². The van der Waals surface area contributed by atoms with E-state index < -0.39 is 0 Å². The third-order valence-corrected chi connectivity index (χ3v) is 2.68. The second-order valence-corrected chi connectivity index (χ2v) is 4.03. The zero-order valence-electron chi connectivity index (χ0n) is 10.5. The molecule has 1 aromatic heterocycles. The van der Waals surface area contributed by atoms with Gasteiger partial charge in [-0.2, -0.15) is 4.98 Å². The van der Waals surface area contributed by atoms with Gasteiger partial charge in [0.25, 0.3) is 5.91 Å². The molecule has 0 unspecified atom stereocenters. The van der Waals surface area contributed by atoms with E-state index >= 15 is 0 Å². The number of benzene rings is 1. The Hall–Kier alpha value is -2.41. The molecule has 0 aliphatic heterocycles. The summed E-state index contributed by atoms with van der Waals surface area (Å²) in [5, 5.41) is 6.47. The highest BCUT2D eigenvalue weighted by Crippen LogP contribution is 2.14. The van der Waals surface area contributed by atoms with Crippen LogP contribution in [-0.2, 0) is 6.42 Å². The average molecular weight is 261 g/mol. The second kappa shape index (κ2) is 5.96. The summed E-state index contributed by atoms with van der Waals surface area (Å²) in [4.78, 5) is 15.8. The lowest BCUT2D eigenvalue weighted by Crippen LogP contribution is -2.26. The van der Waals surface area contributed by atoms with Crippen molar-refractivity contribution in [1.29, 1.82) is 0 Å². The summed E-state index contributed by atoms with van der Waals surface area (Å²) in [7, 11) is 0. The summed E-state index contributed by atoms with van der Waals surface area (Å²) >= 11 is 0. The van der Waals surface area contributed by atoms with Crippen LogP contribution >= 0.6 is 0 Å². The third kappa shape index (κ3) is 3.29. The van der Waals surface area contributed by atoms with Crippen LogP contribution in [0.15, 0.2) is 29.1 Å². The van der Waals surface area contributed by atoms with Crippen LogP contribution in [-0.4, -0.2) is 22.6 Å². The lowest BCUT2D eigenvalue weighted by atomic mass is 10.1. The van der Waals surface area contributed by atoms with Crippen LogP contribution in [0.25, 0.3) is 0 Å². The Balaban J connectivity index is 1.92. The molecule has 2 rings (SSSR count). The van der Waals surface area contributed by atoms with Gasteiger partial charge in [0.15, 0.2) is 5.82 Å². The molecule has 0 spiro atoms. The molecule has 0 saturated heterocycles. The Morgan fingerprint density at radius 2 is 2.32 bits per heavy atom. The number of hydrogen-bond donors (Lipinski definition) is 3. The van der Waals surface area contributed by atoms with Crippen molar-refractivity contribution in [1.82, 2.24) is 15.5 Å². The van der Waals surface area contributed by atoms with Crippen molar-refractivity contribution in [2.45, 2.75) is 13.3 Å². The molecule has 0 atom stereocenters. The molecule has 100 valence electrons. The molecule has 0 radical (unpaired) electrons. The number of carbonyl (C=O) groups is 1. The van der Waals surface area contributed by atoms with Gasteiger partial charge in [-0.25, -0.2) is 0 Å². The van der Waals surface area contributed by atoms with Crippen molar-refractivity contribution >= 4 is 11.6 Å².